The third kappa shape index (κ3) is 5.15. The normalized spacial score (nSPS) is 14.2. The van der Waals surface area contributed by atoms with Crippen LogP contribution in [0.2, 0.25) is 19.6 Å². The summed E-state index contributed by atoms with van der Waals surface area (Å²) in [5.41, 5.74) is 0.945. The highest BCUT2D eigenvalue weighted by atomic mass is 31.2. The molecule has 0 fully saturated rings. The molecule has 0 aliphatic heterocycles. The Morgan fingerprint density at radius 2 is 1.60 bits per heavy atom. The minimum Gasteiger partial charge on any atom is -0.321 e. The van der Waals surface area contributed by atoms with E-state index in [-0.39, 0.29) is 0 Å². The smallest absolute Gasteiger partial charge is 0.321 e. The maximum atomic E-state index is 13.1. The van der Waals surface area contributed by atoms with Crippen molar-refractivity contribution in [2.24, 2.45) is 0 Å². The second-order valence-corrected chi connectivity index (χ2v) is 12.5. The maximum Gasteiger partial charge on any atom is 0.351 e. The number of benzene rings is 1. The molecule has 0 aromatic heterocycles. The Balaban J connectivity index is 3.18. The van der Waals surface area contributed by atoms with Gasteiger partial charge in [0, 0.05) is 0 Å². The molecule has 20 heavy (non-hydrogen) atoms. The van der Waals surface area contributed by atoms with Crippen molar-refractivity contribution in [1.29, 1.82) is 0 Å². The first-order chi connectivity index (χ1) is 9.32. The van der Waals surface area contributed by atoms with E-state index in [9.17, 15) is 4.57 Å². The first-order valence-electron chi connectivity index (χ1n) is 7.04. The summed E-state index contributed by atoms with van der Waals surface area (Å²) in [5.74, 6) is -0.407. The predicted molar refractivity (Wildman–Crippen MR) is 86.5 cm³/mol. The van der Waals surface area contributed by atoms with Gasteiger partial charge >= 0.3 is 7.60 Å². The van der Waals surface area contributed by atoms with Gasteiger partial charge in [0.05, 0.1) is 13.2 Å². The first-order valence-corrected chi connectivity index (χ1v) is 12.1. The van der Waals surface area contributed by atoms with Crippen molar-refractivity contribution in [3.63, 3.8) is 0 Å². The molecule has 0 aliphatic rings. The third-order valence-electron chi connectivity index (χ3n) is 2.62. The summed E-state index contributed by atoms with van der Waals surface area (Å²) in [6.45, 7) is 10.9. The number of hydrogen-bond donors (Lipinski definition) is 1. The van der Waals surface area contributed by atoms with Crippen molar-refractivity contribution >= 4 is 15.8 Å². The summed E-state index contributed by atoms with van der Waals surface area (Å²) in [5, 5.41) is 0. The largest absolute Gasteiger partial charge is 0.351 e. The van der Waals surface area contributed by atoms with E-state index in [0.717, 1.165) is 5.56 Å². The molecule has 1 aromatic rings. The molecule has 0 heterocycles. The van der Waals surface area contributed by atoms with Gasteiger partial charge in [-0.3, -0.25) is 4.57 Å². The summed E-state index contributed by atoms with van der Waals surface area (Å²) >= 11 is 0. The van der Waals surface area contributed by atoms with Gasteiger partial charge in [-0.2, -0.15) is 0 Å². The summed E-state index contributed by atoms with van der Waals surface area (Å²) in [6, 6.07) is 9.75. The number of rotatable bonds is 8. The van der Waals surface area contributed by atoms with Crippen molar-refractivity contribution in [1.82, 2.24) is 4.98 Å². The molecule has 0 amide bonds. The average Bonchev–Trinajstić information content (AvgIpc) is 2.36. The van der Waals surface area contributed by atoms with Gasteiger partial charge in [0.2, 0.25) is 0 Å². The molecule has 0 saturated heterocycles. The molecular formula is C14H26NO3PSi. The molecule has 0 saturated carbocycles. The van der Waals surface area contributed by atoms with Crippen molar-refractivity contribution in [3.05, 3.63) is 35.9 Å². The Morgan fingerprint density at radius 1 is 1.10 bits per heavy atom. The second kappa shape index (κ2) is 7.53. The van der Waals surface area contributed by atoms with E-state index in [2.05, 4.69) is 24.6 Å². The highest BCUT2D eigenvalue weighted by Crippen LogP contribution is 2.59. The topological polar surface area (TPSA) is 47.6 Å². The van der Waals surface area contributed by atoms with Crippen LogP contribution < -0.4 is 4.98 Å². The van der Waals surface area contributed by atoms with Crippen LogP contribution in [0.1, 0.15) is 25.2 Å². The lowest BCUT2D eigenvalue weighted by Crippen LogP contribution is -2.44. The van der Waals surface area contributed by atoms with Crippen molar-refractivity contribution < 1.29 is 13.6 Å². The lowest BCUT2D eigenvalue weighted by Gasteiger charge is -2.32. The van der Waals surface area contributed by atoms with E-state index in [0.29, 0.717) is 13.2 Å². The molecule has 0 radical (unpaired) electrons. The lowest BCUT2D eigenvalue weighted by atomic mass is 10.2. The van der Waals surface area contributed by atoms with Crippen LogP contribution in [0.25, 0.3) is 0 Å². The Labute approximate surface area is 123 Å². The van der Waals surface area contributed by atoms with Crippen LogP contribution in [0, 0.1) is 0 Å². The van der Waals surface area contributed by atoms with E-state index in [4.69, 9.17) is 9.05 Å². The summed E-state index contributed by atoms with van der Waals surface area (Å²) in [7, 11) is -4.88. The van der Waals surface area contributed by atoms with Crippen molar-refractivity contribution in [3.8, 4) is 0 Å². The fourth-order valence-electron chi connectivity index (χ4n) is 1.94. The molecule has 4 nitrogen and oxygen atoms in total. The summed E-state index contributed by atoms with van der Waals surface area (Å²) < 4.78 is 24.2. The van der Waals surface area contributed by atoms with E-state index < -0.39 is 21.6 Å². The van der Waals surface area contributed by atoms with Gasteiger partial charge in [-0.25, -0.2) is 0 Å². The molecule has 114 valence electrons. The minimum atomic E-state index is -3.22. The third-order valence-corrected chi connectivity index (χ3v) is 6.31. The highest BCUT2D eigenvalue weighted by Gasteiger charge is 2.39. The first kappa shape index (κ1) is 17.6. The Morgan fingerprint density at radius 3 is 2.00 bits per heavy atom. The molecule has 0 bridgehead atoms. The quantitative estimate of drug-likeness (QED) is 0.571. The zero-order chi connectivity index (χ0) is 15.2. The fourth-order valence-corrected chi connectivity index (χ4v) is 6.35. The highest BCUT2D eigenvalue weighted by molar-refractivity contribution is 7.54. The molecule has 1 aromatic carbocycles. The van der Waals surface area contributed by atoms with Gasteiger partial charge in [0.15, 0.2) is 0 Å². The number of hydrogen-bond acceptors (Lipinski definition) is 4. The monoisotopic (exact) mass is 315 g/mol. The van der Waals surface area contributed by atoms with Crippen molar-refractivity contribution in [2.45, 2.75) is 39.3 Å². The van der Waals surface area contributed by atoms with Crippen LogP contribution in [0.15, 0.2) is 30.3 Å². The van der Waals surface area contributed by atoms with Gasteiger partial charge in [0.1, 0.15) is 14.0 Å². The van der Waals surface area contributed by atoms with Gasteiger partial charge in [-0.05, 0) is 19.4 Å². The van der Waals surface area contributed by atoms with Crippen LogP contribution in [0.4, 0.5) is 0 Å². The molecule has 6 heteroatoms. The Hall–Kier alpha value is -0.453. The number of nitrogens with one attached hydrogen (secondary N) is 1. The average molecular weight is 315 g/mol. The van der Waals surface area contributed by atoms with Crippen LogP contribution in [-0.2, 0) is 13.6 Å². The maximum absolute atomic E-state index is 13.1. The zero-order valence-electron chi connectivity index (χ0n) is 13.1. The van der Waals surface area contributed by atoms with E-state index in [1.807, 2.05) is 44.2 Å². The molecule has 1 unspecified atom stereocenters. The van der Waals surface area contributed by atoms with Gasteiger partial charge in [-0.1, -0.05) is 50.0 Å². The van der Waals surface area contributed by atoms with Crippen LogP contribution in [0.3, 0.4) is 0 Å². The van der Waals surface area contributed by atoms with E-state index in [1.165, 1.54) is 0 Å². The standard InChI is InChI=1S/C14H26NO3PSi/c1-6-17-19(16,18-7-2)14(15-20(3,4)5)13-11-9-8-10-12-13/h8-12,14-15H,6-7H2,1-5H3. The minimum absolute atomic E-state index is 0.369. The predicted octanol–water partition coefficient (Wildman–Crippen LogP) is 4.38. The molecule has 1 N–H and O–H groups in total. The van der Waals surface area contributed by atoms with Gasteiger partial charge in [0.25, 0.3) is 0 Å². The zero-order valence-corrected chi connectivity index (χ0v) is 14.9. The van der Waals surface area contributed by atoms with E-state index in [1.54, 1.807) is 0 Å². The van der Waals surface area contributed by atoms with Crippen LogP contribution >= 0.6 is 7.60 Å². The van der Waals surface area contributed by atoms with Gasteiger partial charge in [-0.15, -0.1) is 0 Å². The van der Waals surface area contributed by atoms with Gasteiger partial charge < -0.3 is 14.0 Å². The summed E-state index contributed by atoms with van der Waals surface area (Å²) in [4.78, 5) is 3.51. The Kier molecular flexibility index (Phi) is 6.62. The van der Waals surface area contributed by atoms with Crippen molar-refractivity contribution in [2.75, 3.05) is 13.2 Å². The molecule has 0 aliphatic carbocycles. The SMILES string of the molecule is CCOP(=O)(OCC)C(N[Si](C)(C)C)c1ccccc1. The molecular weight excluding hydrogens is 289 g/mol. The van der Waals surface area contributed by atoms with Crippen LogP contribution in [0.5, 0.6) is 0 Å². The fraction of sp³-hybridized carbons (Fsp3) is 0.571. The Bertz CT molecular complexity index is 437. The summed E-state index contributed by atoms with van der Waals surface area (Å²) in [6.07, 6.45) is 0. The van der Waals surface area contributed by atoms with Crippen LogP contribution in [-0.4, -0.2) is 21.4 Å². The second-order valence-electron chi connectivity index (χ2n) is 5.58. The molecule has 1 rings (SSSR count). The molecule has 0 spiro atoms. The molecule has 1 atom stereocenters. The lowest BCUT2D eigenvalue weighted by molar-refractivity contribution is 0.210. The van der Waals surface area contributed by atoms with E-state index >= 15 is 0 Å².